The molecular weight excluding hydrogens is 202 g/mol. The van der Waals surface area contributed by atoms with Gasteiger partial charge in [-0.05, 0) is 25.3 Å². The van der Waals surface area contributed by atoms with E-state index in [0.717, 1.165) is 13.1 Å². The van der Waals surface area contributed by atoms with Crippen molar-refractivity contribution in [2.24, 2.45) is 0 Å². The van der Waals surface area contributed by atoms with Gasteiger partial charge in [-0.1, -0.05) is 24.3 Å². The van der Waals surface area contributed by atoms with E-state index in [9.17, 15) is 4.79 Å². The summed E-state index contributed by atoms with van der Waals surface area (Å²) in [6, 6.07) is 9.07. The predicted molar refractivity (Wildman–Crippen MR) is 62.3 cm³/mol. The molecule has 0 aromatic heterocycles. The van der Waals surface area contributed by atoms with E-state index in [2.05, 4.69) is 4.90 Å². The van der Waals surface area contributed by atoms with Crippen LogP contribution < -0.4 is 0 Å². The minimum atomic E-state index is -0.259. The lowest BCUT2D eigenvalue weighted by atomic mass is 10.2. The van der Waals surface area contributed by atoms with Gasteiger partial charge in [0.1, 0.15) is 6.10 Å². The van der Waals surface area contributed by atoms with Crippen LogP contribution in [0.4, 0.5) is 0 Å². The zero-order chi connectivity index (χ0) is 11.4. The Balaban J connectivity index is 1.98. The minimum Gasteiger partial charge on any atom is -0.453 e. The molecule has 1 heterocycles. The highest BCUT2D eigenvalue weighted by Gasteiger charge is 2.17. The lowest BCUT2D eigenvalue weighted by molar-refractivity contribution is 0.0326. The molecule has 1 aromatic carbocycles. The third-order valence-electron chi connectivity index (χ3n) is 2.53. The van der Waals surface area contributed by atoms with E-state index in [1.807, 2.05) is 37.4 Å². The number of hydrogen-bond acceptors (Lipinski definition) is 3. The van der Waals surface area contributed by atoms with Crippen molar-refractivity contribution in [2.45, 2.75) is 6.10 Å². The summed E-state index contributed by atoms with van der Waals surface area (Å²) < 4.78 is 5.38. The van der Waals surface area contributed by atoms with Crippen LogP contribution in [0.3, 0.4) is 0 Å². The summed E-state index contributed by atoms with van der Waals surface area (Å²) in [5.74, 6) is -0.259. The van der Waals surface area contributed by atoms with Gasteiger partial charge in [-0.3, -0.25) is 4.90 Å². The minimum absolute atomic E-state index is 0.133. The van der Waals surface area contributed by atoms with Gasteiger partial charge in [0.15, 0.2) is 0 Å². The first-order valence-electron chi connectivity index (χ1n) is 5.37. The number of carbonyl (C=O) groups excluding carboxylic acids is 1. The first kappa shape index (κ1) is 10.9. The van der Waals surface area contributed by atoms with Crippen molar-refractivity contribution >= 4 is 5.97 Å². The van der Waals surface area contributed by atoms with Gasteiger partial charge >= 0.3 is 5.97 Å². The number of carbonyl (C=O) groups is 1. The Morgan fingerprint density at radius 1 is 1.38 bits per heavy atom. The number of hydrogen-bond donors (Lipinski definition) is 0. The van der Waals surface area contributed by atoms with Crippen LogP contribution in [0.15, 0.2) is 42.5 Å². The number of ether oxygens (including phenoxy) is 1. The molecule has 0 saturated heterocycles. The highest BCUT2D eigenvalue weighted by Crippen LogP contribution is 2.08. The fourth-order valence-electron chi connectivity index (χ4n) is 1.69. The summed E-state index contributed by atoms with van der Waals surface area (Å²) >= 11 is 0. The van der Waals surface area contributed by atoms with Gasteiger partial charge in [0, 0.05) is 13.1 Å². The van der Waals surface area contributed by atoms with Crippen LogP contribution in [-0.2, 0) is 4.74 Å². The zero-order valence-corrected chi connectivity index (χ0v) is 9.30. The van der Waals surface area contributed by atoms with Crippen molar-refractivity contribution in [1.29, 1.82) is 0 Å². The molecule has 1 aliphatic rings. The second-order valence-corrected chi connectivity index (χ2v) is 3.96. The predicted octanol–water partition coefficient (Wildman–Crippen LogP) is 1.71. The molecule has 2 rings (SSSR count). The second-order valence-electron chi connectivity index (χ2n) is 3.96. The molecule has 1 aliphatic heterocycles. The van der Waals surface area contributed by atoms with Gasteiger partial charge in [0.25, 0.3) is 0 Å². The maximum Gasteiger partial charge on any atom is 0.338 e. The van der Waals surface area contributed by atoms with Gasteiger partial charge in [-0.2, -0.15) is 0 Å². The van der Waals surface area contributed by atoms with Gasteiger partial charge < -0.3 is 4.74 Å². The Morgan fingerprint density at radius 3 is 2.81 bits per heavy atom. The number of nitrogens with zero attached hydrogens (tertiary/aromatic N) is 1. The van der Waals surface area contributed by atoms with Crippen molar-refractivity contribution in [3.8, 4) is 0 Å². The quantitative estimate of drug-likeness (QED) is 0.558. The fraction of sp³-hybridized carbons (Fsp3) is 0.308. The van der Waals surface area contributed by atoms with Crippen molar-refractivity contribution < 1.29 is 9.53 Å². The highest BCUT2D eigenvalue weighted by atomic mass is 16.5. The largest absolute Gasteiger partial charge is 0.453 e. The maximum absolute atomic E-state index is 11.7. The topological polar surface area (TPSA) is 29.5 Å². The molecule has 3 nitrogen and oxygen atoms in total. The Kier molecular flexibility index (Phi) is 3.37. The van der Waals surface area contributed by atoms with E-state index < -0.39 is 0 Å². The summed E-state index contributed by atoms with van der Waals surface area (Å²) in [6.07, 6.45) is 3.83. The van der Waals surface area contributed by atoms with Gasteiger partial charge in [0.2, 0.25) is 0 Å². The van der Waals surface area contributed by atoms with E-state index in [4.69, 9.17) is 4.74 Å². The number of esters is 1. The van der Waals surface area contributed by atoms with Crippen LogP contribution in [0.2, 0.25) is 0 Å². The SMILES string of the molecule is CN1CC=C[C@H](OC(=O)c2ccccc2)C1. The first-order chi connectivity index (χ1) is 7.75. The Morgan fingerprint density at radius 2 is 2.12 bits per heavy atom. The molecule has 0 amide bonds. The van der Waals surface area contributed by atoms with Crippen LogP contribution in [0.1, 0.15) is 10.4 Å². The summed E-state index contributed by atoms with van der Waals surface area (Å²) in [4.78, 5) is 13.9. The lowest BCUT2D eigenvalue weighted by Gasteiger charge is -2.24. The second kappa shape index (κ2) is 4.94. The molecule has 0 radical (unpaired) electrons. The molecule has 0 saturated carbocycles. The monoisotopic (exact) mass is 217 g/mol. The fourth-order valence-corrected chi connectivity index (χ4v) is 1.69. The molecule has 16 heavy (non-hydrogen) atoms. The van der Waals surface area contributed by atoms with Crippen LogP contribution in [-0.4, -0.2) is 37.1 Å². The zero-order valence-electron chi connectivity index (χ0n) is 9.30. The van der Waals surface area contributed by atoms with E-state index in [0.29, 0.717) is 5.56 Å². The molecule has 1 atom stereocenters. The third-order valence-corrected chi connectivity index (χ3v) is 2.53. The third kappa shape index (κ3) is 2.70. The standard InChI is InChI=1S/C13H15NO2/c1-14-9-5-8-12(10-14)16-13(15)11-6-3-2-4-7-11/h2-8,12H,9-10H2,1H3/t12-/m0/s1. The Hall–Kier alpha value is -1.61. The first-order valence-corrected chi connectivity index (χ1v) is 5.37. The number of likely N-dealkylation sites (N-methyl/N-ethyl adjacent to an activating group) is 1. The average Bonchev–Trinajstić information content (AvgIpc) is 2.30. The van der Waals surface area contributed by atoms with Crippen LogP contribution in [0.5, 0.6) is 0 Å². The molecule has 0 fully saturated rings. The van der Waals surface area contributed by atoms with E-state index in [1.54, 1.807) is 12.1 Å². The van der Waals surface area contributed by atoms with Gasteiger partial charge in [0.05, 0.1) is 5.56 Å². The molecule has 0 aliphatic carbocycles. The molecular formula is C13H15NO2. The van der Waals surface area contributed by atoms with Crippen molar-refractivity contribution in [1.82, 2.24) is 4.90 Å². The van der Waals surface area contributed by atoms with Gasteiger partial charge in [-0.15, -0.1) is 0 Å². The molecule has 0 spiro atoms. The normalized spacial score (nSPS) is 20.7. The van der Waals surface area contributed by atoms with Crippen molar-refractivity contribution in [3.63, 3.8) is 0 Å². The molecule has 84 valence electrons. The Bertz CT molecular complexity index is 386. The maximum atomic E-state index is 11.7. The van der Waals surface area contributed by atoms with Crippen LogP contribution in [0.25, 0.3) is 0 Å². The summed E-state index contributed by atoms with van der Waals surface area (Å²) in [5.41, 5.74) is 0.601. The highest BCUT2D eigenvalue weighted by molar-refractivity contribution is 5.89. The molecule has 0 N–H and O–H groups in total. The van der Waals surface area contributed by atoms with E-state index >= 15 is 0 Å². The van der Waals surface area contributed by atoms with Crippen LogP contribution in [0, 0.1) is 0 Å². The molecule has 3 heteroatoms. The van der Waals surface area contributed by atoms with Crippen LogP contribution >= 0.6 is 0 Å². The number of rotatable bonds is 2. The summed E-state index contributed by atoms with van der Waals surface area (Å²) in [5, 5.41) is 0. The molecule has 1 aromatic rings. The summed E-state index contributed by atoms with van der Waals surface area (Å²) in [7, 11) is 2.01. The molecule has 0 unspecified atom stereocenters. The Labute approximate surface area is 95.3 Å². The molecule has 0 bridgehead atoms. The smallest absolute Gasteiger partial charge is 0.338 e. The lowest BCUT2D eigenvalue weighted by Crippen LogP contribution is -2.34. The van der Waals surface area contributed by atoms with Gasteiger partial charge in [-0.25, -0.2) is 4.79 Å². The van der Waals surface area contributed by atoms with E-state index in [-0.39, 0.29) is 12.1 Å². The van der Waals surface area contributed by atoms with Crippen molar-refractivity contribution in [3.05, 3.63) is 48.0 Å². The average molecular weight is 217 g/mol. The summed E-state index contributed by atoms with van der Waals surface area (Å²) in [6.45, 7) is 1.68. The van der Waals surface area contributed by atoms with Crippen molar-refractivity contribution in [2.75, 3.05) is 20.1 Å². The van der Waals surface area contributed by atoms with E-state index in [1.165, 1.54) is 0 Å². The number of benzene rings is 1.